The first-order chi connectivity index (χ1) is 50.4. The molecule has 0 spiro atoms. The number of aliphatic imine (C=N–C) groups is 4. The van der Waals surface area contributed by atoms with Gasteiger partial charge in [-0.15, -0.1) is 46.4 Å². The second-order valence-corrected chi connectivity index (χ2v) is 27.7. The molecule has 0 aliphatic carbocycles. The summed E-state index contributed by atoms with van der Waals surface area (Å²) in [6, 6.07) is 40.2. The first-order valence-electron chi connectivity index (χ1n) is 33.0. The molecule has 0 aliphatic heterocycles. The van der Waals surface area contributed by atoms with Crippen LogP contribution in [-0.2, 0) is 70.2 Å². The third-order valence-electron chi connectivity index (χ3n) is 13.6. The number of aliphatic hydroxyl groups is 2. The van der Waals surface area contributed by atoms with Crippen LogP contribution in [0.5, 0.6) is 69.0 Å². The van der Waals surface area contributed by atoms with Gasteiger partial charge in [0.2, 0.25) is 0 Å². The van der Waals surface area contributed by atoms with Crippen molar-refractivity contribution in [2.24, 2.45) is 20.0 Å². The van der Waals surface area contributed by atoms with Crippen LogP contribution in [0.2, 0.25) is 0 Å². The summed E-state index contributed by atoms with van der Waals surface area (Å²) in [5.74, 6) is -2.77. The standard InChI is InChI=1S/4C18H21NO3.2C2H4O2.2C2H6O.2CH2Cl2.2Dy.2H2O.2Zn/c4*1-18(2,3)13-8-9-15(20)14(10-13)19-11-12-6-5-7-16(22-4)17(12)21;2*1-2(3)4;2*1-2-3;2*2-1-3;;;;;;/h4*5-11,20-21H,1-4H3;2*1H3,(H,3,4);2*3H,2H2,1H3;2*1H2;;;2*1H2;;/q;;;;;;;;;;2*+3;;;2*+2/p-10. The van der Waals surface area contributed by atoms with Crippen LogP contribution < -0.4 is 70.0 Å². The normalized spacial score (nSPS) is 10.2. The number of alkyl halides is 4. The zero-order valence-electron chi connectivity index (χ0n) is 67.8. The minimum atomic E-state index is -1.08. The molecular weight excluding hydrogens is 1960 g/mol. The average molecular weight is 2060 g/mol. The molecule has 622 valence electrons. The summed E-state index contributed by atoms with van der Waals surface area (Å²) >= 11 is 19.1. The Bertz CT molecular complexity index is 3640. The molecule has 0 amide bonds. The van der Waals surface area contributed by atoms with E-state index < -0.39 is 11.9 Å². The number of carboxylic acid groups (broad SMARTS) is 2. The SMILES string of the molecule is CC(=O)[O-].CC(=O)[O-].CCO.CCO.COc1cccc(C=Nc2cc(C(C)(C)C)ccc2[O-])c1[O-].COc1cccc(C=Nc2cc(C(C)(C)C)ccc2[O-])c1[O-].COc1cccc(C=Nc2cc(C(C)(C)C)ccc2[O-])c1[O-].COc1cccc(C=Nc2cc(C(C)(C)C)ccc2[O-])c1[O-].ClCCl.ClCCl.O.O.[Dy+3].[Dy+3].[Zn+2].[Zn+2]. The number of carbonyl (C=O) groups is 2. The van der Waals surface area contributed by atoms with Gasteiger partial charge in [0.1, 0.15) is 23.0 Å². The quantitative estimate of drug-likeness (QED) is 0.0652. The molecule has 0 atom stereocenters. The third-order valence-corrected chi connectivity index (χ3v) is 13.6. The Hall–Kier alpha value is -6.23. The molecule has 8 aromatic carbocycles. The number of hydrogen-bond donors (Lipinski definition) is 2. The van der Waals surface area contributed by atoms with E-state index in [1.807, 2.05) is 24.3 Å². The van der Waals surface area contributed by atoms with Crippen LogP contribution in [0.3, 0.4) is 0 Å². The van der Waals surface area contributed by atoms with Gasteiger partial charge in [0.15, 0.2) is 0 Å². The Morgan fingerprint density at radius 3 is 0.623 bits per heavy atom. The summed E-state index contributed by atoms with van der Waals surface area (Å²) in [5, 5.41) is 129. The number of aliphatic hydroxyl groups excluding tert-OH is 2. The minimum Gasteiger partial charge on any atom is -0.871 e. The summed E-state index contributed by atoms with van der Waals surface area (Å²) in [6.45, 7) is 30.6. The minimum absolute atomic E-state index is 0. The number of rotatable bonds is 12. The van der Waals surface area contributed by atoms with Crippen molar-refractivity contribution in [2.45, 2.75) is 132 Å². The molecule has 0 heterocycles. The van der Waals surface area contributed by atoms with E-state index in [0.717, 1.165) is 36.1 Å². The van der Waals surface area contributed by atoms with E-state index in [4.69, 9.17) is 95.4 Å². The molecule has 32 heteroatoms. The molecule has 0 aliphatic rings. The van der Waals surface area contributed by atoms with E-state index in [1.165, 1.54) is 77.6 Å². The fraction of sp³-hybridized carbons (Fsp3) is 0.341. The number of halogens is 4. The van der Waals surface area contributed by atoms with Crippen molar-refractivity contribution < 1.29 is 216 Å². The molecule has 0 aromatic heterocycles. The number of ether oxygens (including phenoxy) is 4. The molecule has 0 saturated carbocycles. The molecule has 6 N–H and O–H groups in total. The Morgan fingerprint density at radius 1 is 0.360 bits per heavy atom. The number of carboxylic acids is 2. The first-order valence-corrected chi connectivity index (χ1v) is 35.2. The Labute approximate surface area is 777 Å². The van der Waals surface area contributed by atoms with Crippen LogP contribution in [0, 0.1) is 76.3 Å². The fourth-order valence-electron chi connectivity index (χ4n) is 8.08. The monoisotopic (exact) mass is 2060 g/mol. The summed E-state index contributed by atoms with van der Waals surface area (Å²) in [7, 11) is 5.78. The number of carbonyl (C=O) groups excluding carboxylic acids is 2. The number of para-hydroxylation sites is 4. The second kappa shape index (κ2) is 64.8. The van der Waals surface area contributed by atoms with Crippen LogP contribution >= 0.6 is 46.4 Å². The van der Waals surface area contributed by atoms with Gasteiger partial charge in [-0.2, -0.15) is 0 Å². The van der Waals surface area contributed by atoms with Crippen molar-refractivity contribution in [3.63, 3.8) is 0 Å². The molecule has 2 radical (unpaired) electrons. The van der Waals surface area contributed by atoms with Crippen LogP contribution in [0.15, 0.2) is 166 Å². The Morgan fingerprint density at radius 2 is 0.500 bits per heavy atom. The van der Waals surface area contributed by atoms with Crippen molar-refractivity contribution in [3.8, 4) is 69.0 Å². The maximum atomic E-state index is 12.0. The zero-order chi connectivity index (χ0) is 83.3. The van der Waals surface area contributed by atoms with E-state index in [1.54, 1.807) is 111 Å². The number of hydrogen-bond acceptors (Lipinski definition) is 22. The van der Waals surface area contributed by atoms with Crippen LogP contribution in [0.25, 0.3) is 0 Å². The van der Waals surface area contributed by atoms with E-state index in [0.29, 0.717) is 45.0 Å². The fourth-order valence-corrected chi connectivity index (χ4v) is 8.08. The van der Waals surface area contributed by atoms with E-state index in [9.17, 15) is 40.9 Å². The molecule has 0 bridgehead atoms. The zero-order valence-corrected chi connectivity index (χ0v) is 80.8. The van der Waals surface area contributed by atoms with E-state index in [2.05, 4.69) is 103 Å². The molecule has 8 aromatic rings. The summed E-state index contributed by atoms with van der Waals surface area (Å²) in [5.41, 5.74) is 6.66. The average Bonchev–Trinajstić information content (AvgIpc) is 0.838. The molecule has 8 rings (SSSR count). The molecule has 0 saturated heterocycles. The van der Waals surface area contributed by atoms with Gasteiger partial charge in [-0.1, -0.05) is 226 Å². The van der Waals surface area contributed by atoms with Gasteiger partial charge in [0.05, 0.1) is 61.9 Å². The van der Waals surface area contributed by atoms with Gasteiger partial charge in [0.25, 0.3) is 0 Å². The molecule has 0 unspecified atom stereocenters. The van der Waals surface area contributed by atoms with Gasteiger partial charge >= 0.3 is 115 Å². The maximum Gasteiger partial charge on any atom is 3.00 e. The molecule has 0 fully saturated rings. The maximum absolute atomic E-state index is 12.0. The Kier molecular flexibility index (Phi) is 70.2. The topological polar surface area (TPSA) is 455 Å². The van der Waals surface area contributed by atoms with E-state index >= 15 is 0 Å². The predicted octanol–water partition coefficient (Wildman–Crippen LogP) is 10.3. The molecule has 114 heavy (non-hydrogen) atoms. The predicted molar refractivity (Wildman–Crippen MR) is 424 cm³/mol. The van der Waals surface area contributed by atoms with Gasteiger partial charge in [0, 0.05) is 50.0 Å². The second-order valence-electron chi connectivity index (χ2n) is 26.1. The third kappa shape index (κ3) is 49.1. The van der Waals surface area contributed by atoms with Crippen LogP contribution in [-0.4, -0.2) is 110 Å². The summed E-state index contributed by atoms with van der Waals surface area (Å²) in [4.78, 5) is 34.6. The van der Waals surface area contributed by atoms with Gasteiger partial charge in [-0.25, -0.2) is 0 Å². The van der Waals surface area contributed by atoms with Crippen molar-refractivity contribution >= 4 is 106 Å². The van der Waals surface area contributed by atoms with Gasteiger partial charge in [-0.05, 0) is 142 Å². The first kappa shape index (κ1) is 123. The summed E-state index contributed by atoms with van der Waals surface area (Å²) < 4.78 is 20.0. The van der Waals surface area contributed by atoms with Crippen LogP contribution in [0.4, 0.5) is 22.7 Å². The van der Waals surface area contributed by atoms with E-state index in [-0.39, 0.29) is 241 Å². The number of benzene rings is 8. The number of aliphatic carboxylic acids is 2. The molecule has 24 nitrogen and oxygen atoms in total. The van der Waals surface area contributed by atoms with Crippen molar-refractivity contribution in [2.75, 3.05) is 52.3 Å². The van der Waals surface area contributed by atoms with Crippen molar-refractivity contribution in [1.82, 2.24) is 0 Å². The van der Waals surface area contributed by atoms with Gasteiger partial charge < -0.3 is 101 Å². The van der Waals surface area contributed by atoms with Crippen molar-refractivity contribution in [1.29, 1.82) is 0 Å². The molecular formula is C82H102Cl4Dy2N4O20Zn2. The smallest absolute Gasteiger partial charge is 0.871 e. The van der Waals surface area contributed by atoms with Crippen molar-refractivity contribution in [3.05, 3.63) is 190 Å². The van der Waals surface area contributed by atoms with Gasteiger partial charge in [-0.3, -0.25) is 20.0 Å². The largest absolute Gasteiger partial charge is 3.00 e. The summed E-state index contributed by atoms with van der Waals surface area (Å²) in [6.07, 6.45) is 5.64. The number of methoxy groups -OCH3 is 4. The number of nitrogens with zero attached hydrogens (tertiary/aromatic N) is 4. The Balaban J connectivity index is -0.000000199. The van der Waals surface area contributed by atoms with Crippen LogP contribution in [0.1, 0.15) is 155 Å².